The summed E-state index contributed by atoms with van der Waals surface area (Å²) in [6.07, 6.45) is 1.65. The van der Waals surface area contributed by atoms with Crippen LogP contribution in [0, 0.1) is 0 Å². The molecule has 0 aliphatic rings. The quantitative estimate of drug-likeness (QED) is 0.836. The SMILES string of the molecule is CCNCc1coc2c(Cl)cc(Cl)c(Cl)c12. The molecule has 1 aromatic carbocycles. The van der Waals surface area contributed by atoms with Crippen molar-refractivity contribution in [1.29, 1.82) is 0 Å². The van der Waals surface area contributed by atoms with Gasteiger partial charge in [-0.25, -0.2) is 0 Å². The maximum atomic E-state index is 6.15. The van der Waals surface area contributed by atoms with Gasteiger partial charge in [0.05, 0.1) is 21.3 Å². The predicted octanol–water partition coefficient (Wildman–Crippen LogP) is 4.50. The number of fused-ring (bicyclic) bond motifs is 1. The lowest BCUT2D eigenvalue weighted by atomic mass is 10.1. The summed E-state index contributed by atoms with van der Waals surface area (Å²) in [6, 6.07) is 1.59. The Bertz CT molecular complexity index is 521. The molecule has 0 amide bonds. The van der Waals surface area contributed by atoms with Crippen molar-refractivity contribution in [3.05, 3.63) is 33.0 Å². The minimum Gasteiger partial charge on any atom is -0.462 e. The molecule has 0 radical (unpaired) electrons. The third-order valence-electron chi connectivity index (χ3n) is 2.33. The van der Waals surface area contributed by atoms with E-state index in [-0.39, 0.29) is 0 Å². The fourth-order valence-electron chi connectivity index (χ4n) is 1.56. The number of furan rings is 1. The first-order valence-corrected chi connectivity index (χ1v) is 6.02. The van der Waals surface area contributed by atoms with Crippen LogP contribution in [0.25, 0.3) is 11.0 Å². The van der Waals surface area contributed by atoms with Crippen molar-refractivity contribution in [2.75, 3.05) is 6.54 Å². The summed E-state index contributed by atoms with van der Waals surface area (Å²) in [5.41, 5.74) is 1.55. The standard InChI is InChI=1S/C11H10Cl3NO/c1-2-15-4-6-5-16-11-8(13)3-7(12)10(14)9(6)11/h3,5,15H,2,4H2,1H3. The van der Waals surface area contributed by atoms with E-state index >= 15 is 0 Å². The van der Waals surface area contributed by atoms with Gasteiger partial charge in [0.15, 0.2) is 5.58 Å². The van der Waals surface area contributed by atoms with Crippen molar-refractivity contribution in [1.82, 2.24) is 5.32 Å². The van der Waals surface area contributed by atoms with Gasteiger partial charge in [0.25, 0.3) is 0 Å². The lowest BCUT2D eigenvalue weighted by molar-refractivity contribution is 0.604. The van der Waals surface area contributed by atoms with Crippen molar-refractivity contribution < 1.29 is 4.42 Å². The Hall–Kier alpha value is -0.410. The maximum Gasteiger partial charge on any atom is 0.154 e. The minimum atomic E-state index is 0.443. The molecule has 86 valence electrons. The largest absolute Gasteiger partial charge is 0.462 e. The summed E-state index contributed by atoms with van der Waals surface area (Å²) in [6.45, 7) is 3.59. The topological polar surface area (TPSA) is 25.2 Å². The molecular formula is C11H10Cl3NO. The molecule has 0 aliphatic carbocycles. The zero-order valence-corrected chi connectivity index (χ0v) is 10.9. The van der Waals surface area contributed by atoms with E-state index in [1.807, 2.05) is 6.92 Å². The molecule has 0 fully saturated rings. The van der Waals surface area contributed by atoms with E-state index in [4.69, 9.17) is 39.2 Å². The van der Waals surface area contributed by atoms with E-state index in [0.717, 1.165) is 17.5 Å². The van der Waals surface area contributed by atoms with E-state index in [1.165, 1.54) is 0 Å². The Balaban J connectivity index is 2.60. The number of hydrogen-bond donors (Lipinski definition) is 1. The Morgan fingerprint density at radius 1 is 1.25 bits per heavy atom. The highest BCUT2D eigenvalue weighted by Gasteiger charge is 2.15. The number of halogens is 3. The van der Waals surface area contributed by atoms with Crippen LogP contribution < -0.4 is 5.32 Å². The van der Waals surface area contributed by atoms with Crippen LogP contribution in [-0.4, -0.2) is 6.54 Å². The molecule has 1 aromatic heterocycles. The summed E-state index contributed by atoms with van der Waals surface area (Å²) in [5, 5.41) is 5.41. The highest BCUT2D eigenvalue weighted by Crippen LogP contribution is 2.38. The van der Waals surface area contributed by atoms with Gasteiger partial charge >= 0.3 is 0 Å². The Labute approximate surface area is 108 Å². The lowest BCUT2D eigenvalue weighted by Crippen LogP contribution is -2.11. The lowest BCUT2D eigenvalue weighted by Gasteiger charge is -2.03. The van der Waals surface area contributed by atoms with Gasteiger partial charge in [0.1, 0.15) is 0 Å². The molecule has 0 aliphatic heterocycles. The van der Waals surface area contributed by atoms with Crippen LogP contribution in [0.3, 0.4) is 0 Å². The van der Waals surface area contributed by atoms with Crippen LogP contribution >= 0.6 is 34.8 Å². The summed E-state index contributed by atoms with van der Waals surface area (Å²) in [5.74, 6) is 0. The Morgan fingerprint density at radius 2 is 2.00 bits per heavy atom. The molecule has 1 N–H and O–H groups in total. The van der Waals surface area contributed by atoms with Crippen LogP contribution in [0.2, 0.25) is 15.1 Å². The Kier molecular flexibility index (Phi) is 3.65. The summed E-state index contributed by atoms with van der Waals surface area (Å²) >= 11 is 18.1. The number of rotatable bonds is 3. The summed E-state index contributed by atoms with van der Waals surface area (Å²) in [4.78, 5) is 0. The zero-order valence-electron chi connectivity index (χ0n) is 8.61. The molecule has 0 atom stereocenters. The third kappa shape index (κ3) is 2.03. The predicted molar refractivity (Wildman–Crippen MR) is 68.6 cm³/mol. The van der Waals surface area contributed by atoms with E-state index < -0.39 is 0 Å². The van der Waals surface area contributed by atoms with E-state index in [1.54, 1.807) is 12.3 Å². The fourth-order valence-corrected chi connectivity index (χ4v) is 2.33. The molecule has 0 saturated heterocycles. The molecule has 16 heavy (non-hydrogen) atoms. The first-order chi connectivity index (χ1) is 7.65. The van der Waals surface area contributed by atoms with Gasteiger partial charge in [0.2, 0.25) is 0 Å². The molecule has 1 heterocycles. The van der Waals surface area contributed by atoms with Crippen LogP contribution in [-0.2, 0) is 6.54 Å². The van der Waals surface area contributed by atoms with Crippen molar-refractivity contribution in [3.8, 4) is 0 Å². The third-order valence-corrected chi connectivity index (χ3v) is 3.40. The molecule has 5 heteroatoms. The summed E-state index contributed by atoms with van der Waals surface area (Å²) < 4.78 is 5.40. The first kappa shape index (κ1) is 12.1. The van der Waals surface area contributed by atoms with Crippen LogP contribution in [0.15, 0.2) is 16.7 Å². The second kappa shape index (κ2) is 4.84. The van der Waals surface area contributed by atoms with E-state index in [2.05, 4.69) is 5.32 Å². The first-order valence-electron chi connectivity index (χ1n) is 4.89. The normalized spacial score (nSPS) is 11.2. The van der Waals surface area contributed by atoms with Gasteiger partial charge in [-0.3, -0.25) is 0 Å². The molecule has 2 nitrogen and oxygen atoms in total. The number of hydrogen-bond acceptors (Lipinski definition) is 2. The molecule has 0 bridgehead atoms. The molecular weight excluding hydrogens is 268 g/mol. The van der Waals surface area contributed by atoms with E-state index in [0.29, 0.717) is 27.2 Å². The fraction of sp³-hybridized carbons (Fsp3) is 0.273. The minimum absolute atomic E-state index is 0.443. The van der Waals surface area contributed by atoms with Crippen molar-refractivity contribution >= 4 is 45.8 Å². The van der Waals surface area contributed by atoms with Crippen LogP contribution in [0.1, 0.15) is 12.5 Å². The van der Waals surface area contributed by atoms with Crippen molar-refractivity contribution in [3.63, 3.8) is 0 Å². The van der Waals surface area contributed by atoms with Gasteiger partial charge < -0.3 is 9.73 Å². The molecule has 0 spiro atoms. The maximum absolute atomic E-state index is 6.15. The second-order valence-electron chi connectivity index (χ2n) is 3.40. The Morgan fingerprint density at radius 3 is 2.69 bits per heavy atom. The second-order valence-corrected chi connectivity index (χ2v) is 4.59. The molecule has 0 unspecified atom stereocenters. The van der Waals surface area contributed by atoms with Gasteiger partial charge in [-0.2, -0.15) is 0 Å². The van der Waals surface area contributed by atoms with E-state index in [9.17, 15) is 0 Å². The van der Waals surface area contributed by atoms with Gasteiger partial charge in [0, 0.05) is 17.5 Å². The zero-order chi connectivity index (χ0) is 11.7. The van der Waals surface area contributed by atoms with Gasteiger partial charge in [-0.15, -0.1) is 0 Å². The van der Waals surface area contributed by atoms with Crippen molar-refractivity contribution in [2.45, 2.75) is 13.5 Å². The van der Waals surface area contributed by atoms with Gasteiger partial charge in [-0.1, -0.05) is 41.7 Å². The summed E-state index contributed by atoms with van der Waals surface area (Å²) in [7, 11) is 0. The molecule has 2 aromatic rings. The van der Waals surface area contributed by atoms with Crippen molar-refractivity contribution in [2.24, 2.45) is 0 Å². The average Bonchev–Trinajstić information content (AvgIpc) is 2.67. The monoisotopic (exact) mass is 277 g/mol. The van der Waals surface area contributed by atoms with Crippen LogP contribution in [0.5, 0.6) is 0 Å². The van der Waals surface area contributed by atoms with Crippen LogP contribution in [0.4, 0.5) is 0 Å². The number of benzene rings is 1. The highest BCUT2D eigenvalue weighted by atomic mass is 35.5. The molecule has 2 rings (SSSR count). The average molecular weight is 279 g/mol. The molecule has 0 saturated carbocycles. The highest BCUT2D eigenvalue weighted by molar-refractivity contribution is 6.47. The van der Waals surface area contributed by atoms with Gasteiger partial charge in [-0.05, 0) is 12.6 Å². The smallest absolute Gasteiger partial charge is 0.154 e. The number of nitrogens with one attached hydrogen (secondary N) is 1.